The van der Waals surface area contributed by atoms with Crippen LogP contribution in [0.3, 0.4) is 0 Å². The van der Waals surface area contributed by atoms with E-state index < -0.39 is 0 Å². The average molecular weight is 257 g/mol. The van der Waals surface area contributed by atoms with Gasteiger partial charge in [-0.1, -0.05) is 24.3 Å². The highest BCUT2D eigenvalue weighted by molar-refractivity contribution is 6.23. The summed E-state index contributed by atoms with van der Waals surface area (Å²) < 4.78 is 0. The van der Waals surface area contributed by atoms with Gasteiger partial charge < -0.3 is 9.97 Å². The van der Waals surface area contributed by atoms with Crippen LogP contribution >= 0.6 is 0 Å². The second kappa shape index (κ2) is 3.39. The molecule has 3 heteroatoms. The van der Waals surface area contributed by atoms with Crippen molar-refractivity contribution in [3.63, 3.8) is 0 Å². The van der Waals surface area contributed by atoms with Crippen LogP contribution in [0.1, 0.15) is 0 Å². The molecule has 0 aliphatic carbocycles. The predicted octanol–water partition coefficient (Wildman–Crippen LogP) is 4.35. The van der Waals surface area contributed by atoms with E-state index in [9.17, 15) is 0 Å². The maximum Gasteiger partial charge on any atom is 0.138 e. The predicted molar refractivity (Wildman–Crippen MR) is 83.0 cm³/mol. The van der Waals surface area contributed by atoms with Gasteiger partial charge >= 0.3 is 0 Å². The van der Waals surface area contributed by atoms with Crippen molar-refractivity contribution in [3.05, 3.63) is 54.7 Å². The summed E-state index contributed by atoms with van der Waals surface area (Å²) in [5, 5.41) is 4.92. The number of aromatic nitrogens is 3. The largest absolute Gasteiger partial charge is 0.354 e. The lowest BCUT2D eigenvalue weighted by Gasteiger charge is -1.94. The molecule has 2 aromatic carbocycles. The van der Waals surface area contributed by atoms with Crippen molar-refractivity contribution in [3.8, 4) is 0 Å². The molecule has 0 spiro atoms. The van der Waals surface area contributed by atoms with E-state index >= 15 is 0 Å². The maximum atomic E-state index is 4.41. The number of benzene rings is 2. The lowest BCUT2D eigenvalue weighted by Crippen LogP contribution is -1.72. The monoisotopic (exact) mass is 257 g/mol. The SMILES string of the molecule is c1ccc2c(c1)[nH]c1c2ccc2[nH]c3ncccc3c21. The molecule has 0 aliphatic heterocycles. The molecule has 20 heavy (non-hydrogen) atoms. The first-order chi connectivity index (χ1) is 9.92. The van der Waals surface area contributed by atoms with Gasteiger partial charge in [0.2, 0.25) is 0 Å². The third-order valence-electron chi connectivity index (χ3n) is 4.01. The quantitative estimate of drug-likeness (QED) is 0.425. The van der Waals surface area contributed by atoms with E-state index in [-0.39, 0.29) is 0 Å². The number of H-pyrrole nitrogens is 2. The fraction of sp³-hybridized carbons (Fsp3) is 0. The Morgan fingerprint density at radius 2 is 1.60 bits per heavy atom. The van der Waals surface area contributed by atoms with E-state index in [0.29, 0.717) is 0 Å². The van der Waals surface area contributed by atoms with Crippen molar-refractivity contribution in [2.24, 2.45) is 0 Å². The number of nitrogens with zero attached hydrogens (tertiary/aromatic N) is 1. The number of nitrogens with one attached hydrogen (secondary N) is 2. The molecular formula is C17H11N3. The summed E-state index contributed by atoms with van der Waals surface area (Å²) in [5.74, 6) is 0. The molecule has 0 unspecified atom stereocenters. The van der Waals surface area contributed by atoms with Gasteiger partial charge in [-0.05, 0) is 24.3 Å². The smallest absolute Gasteiger partial charge is 0.138 e. The molecule has 0 atom stereocenters. The topological polar surface area (TPSA) is 44.5 Å². The van der Waals surface area contributed by atoms with Crippen molar-refractivity contribution in [1.29, 1.82) is 0 Å². The molecule has 3 aromatic heterocycles. The van der Waals surface area contributed by atoms with Gasteiger partial charge in [0.1, 0.15) is 5.65 Å². The summed E-state index contributed by atoms with van der Waals surface area (Å²) in [4.78, 5) is 11.3. The first-order valence-corrected chi connectivity index (χ1v) is 6.68. The van der Waals surface area contributed by atoms with Crippen LogP contribution in [0.2, 0.25) is 0 Å². The molecule has 3 nitrogen and oxygen atoms in total. The van der Waals surface area contributed by atoms with E-state index in [0.717, 1.165) is 11.2 Å². The van der Waals surface area contributed by atoms with Crippen LogP contribution in [0, 0.1) is 0 Å². The van der Waals surface area contributed by atoms with Gasteiger partial charge in [-0.25, -0.2) is 4.98 Å². The van der Waals surface area contributed by atoms with Crippen LogP contribution in [0.25, 0.3) is 43.7 Å². The van der Waals surface area contributed by atoms with E-state index in [4.69, 9.17) is 0 Å². The summed E-state index contributed by atoms with van der Waals surface area (Å²) in [5.41, 5.74) is 4.42. The van der Waals surface area contributed by atoms with Gasteiger partial charge in [-0.15, -0.1) is 0 Å². The lowest BCUT2D eigenvalue weighted by molar-refractivity contribution is 1.35. The van der Waals surface area contributed by atoms with Crippen LogP contribution in [0.5, 0.6) is 0 Å². The minimum atomic E-state index is 0.939. The zero-order valence-corrected chi connectivity index (χ0v) is 10.6. The van der Waals surface area contributed by atoms with Gasteiger partial charge in [0.05, 0.1) is 5.52 Å². The Morgan fingerprint density at radius 3 is 2.60 bits per heavy atom. The molecule has 0 saturated carbocycles. The van der Waals surface area contributed by atoms with Gasteiger partial charge in [0, 0.05) is 38.8 Å². The van der Waals surface area contributed by atoms with Crippen LogP contribution < -0.4 is 0 Å². The molecule has 5 aromatic rings. The number of aromatic amines is 2. The van der Waals surface area contributed by atoms with Crippen molar-refractivity contribution >= 4 is 43.7 Å². The lowest BCUT2D eigenvalue weighted by atomic mass is 10.1. The van der Waals surface area contributed by atoms with Crippen molar-refractivity contribution < 1.29 is 0 Å². The first-order valence-electron chi connectivity index (χ1n) is 6.68. The molecule has 5 rings (SSSR count). The van der Waals surface area contributed by atoms with Gasteiger partial charge in [0.15, 0.2) is 0 Å². The number of hydrogen-bond donors (Lipinski definition) is 2. The molecule has 0 saturated heterocycles. The van der Waals surface area contributed by atoms with Crippen LogP contribution in [-0.4, -0.2) is 15.0 Å². The van der Waals surface area contributed by atoms with Crippen LogP contribution in [0.4, 0.5) is 0 Å². The number of fused-ring (bicyclic) bond motifs is 7. The third kappa shape index (κ3) is 1.12. The Bertz CT molecular complexity index is 1100. The summed E-state index contributed by atoms with van der Waals surface area (Å²) >= 11 is 0. The van der Waals surface area contributed by atoms with Crippen LogP contribution in [0.15, 0.2) is 54.7 Å². The summed E-state index contributed by atoms with van der Waals surface area (Å²) in [7, 11) is 0. The molecule has 0 fully saturated rings. The number of pyridine rings is 1. The highest BCUT2D eigenvalue weighted by Crippen LogP contribution is 2.34. The minimum Gasteiger partial charge on any atom is -0.354 e. The van der Waals surface area contributed by atoms with E-state index in [1.165, 1.54) is 32.6 Å². The zero-order valence-electron chi connectivity index (χ0n) is 10.6. The Balaban J connectivity index is 2.14. The Morgan fingerprint density at radius 1 is 0.700 bits per heavy atom. The molecule has 2 N–H and O–H groups in total. The van der Waals surface area contributed by atoms with Gasteiger partial charge in [0.25, 0.3) is 0 Å². The molecule has 94 valence electrons. The number of para-hydroxylation sites is 1. The zero-order chi connectivity index (χ0) is 13.1. The molecule has 0 radical (unpaired) electrons. The number of rotatable bonds is 0. The summed E-state index contributed by atoms with van der Waals surface area (Å²) in [6.45, 7) is 0. The standard InChI is InChI=1S/C17H11N3/c1-2-6-13-10(4-1)11-7-8-14-15(16(11)19-13)12-5-3-9-18-17(12)20-14/h1-9,19H,(H,18,20). The highest BCUT2D eigenvalue weighted by atomic mass is 14.9. The van der Waals surface area contributed by atoms with Gasteiger partial charge in [-0.2, -0.15) is 0 Å². The second-order valence-corrected chi connectivity index (χ2v) is 5.11. The number of hydrogen-bond acceptors (Lipinski definition) is 1. The Kier molecular flexibility index (Phi) is 1.70. The maximum absolute atomic E-state index is 4.41. The summed E-state index contributed by atoms with van der Waals surface area (Å²) in [6.07, 6.45) is 1.82. The van der Waals surface area contributed by atoms with Crippen LogP contribution in [-0.2, 0) is 0 Å². The van der Waals surface area contributed by atoms with E-state index in [1.54, 1.807) is 0 Å². The molecule has 0 amide bonds. The minimum absolute atomic E-state index is 0.939. The molecule has 0 bridgehead atoms. The first kappa shape index (κ1) is 10.0. The normalized spacial score (nSPS) is 12.0. The second-order valence-electron chi connectivity index (χ2n) is 5.11. The molecular weight excluding hydrogens is 246 g/mol. The van der Waals surface area contributed by atoms with Crippen molar-refractivity contribution in [2.75, 3.05) is 0 Å². The van der Waals surface area contributed by atoms with E-state index in [2.05, 4.69) is 57.4 Å². The summed E-state index contributed by atoms with van der Waals surface area (Å²) in [6, 6.07) is 16.8. The average Bonchev–Trinajstić information content (AvgIpc) is 3.04. The Labute approximate surface area is 114 Å². The van der Waals surface area contributed by atoms with Crippen molar-refractivity contribution in [1.82, 2.24) is 15.0 Å². The molecule has 3 heterocycles. The highest BCUT2D eigenvalue weighted by Gasteiger charge is 2.11. The Hall–Kier alpha value is -2.81. The molecule has 0 aliphatic rings. The van der Waals surface area contributed by atoms with Gasteiger partial charge in [-0.3, -0.25) is 0 Å². The fourth-order valence-electron chi connectivity index (χ4n) is 3.14. The third-order valence-corrected chi connectivity index (χ3v) is 4.01. The fourth-order valence-corrected chi connectivity index (χ4v) is 3.14. The van der Waals surface area contributed by atoms with E-state index in [1.807, 2.05) is 12.3 Å². The van der Waals surface area contributed by atoms with Crippen molar-refractivity contribution in [2.45, 2.75) is 0 Å².